The quantitative estimate of drug-likeness (QED) is 0.583. The van der Waals surface area contributed by atoms with Gasteiger partial charge in [0.15, 0.2) is 0 Å². The number of amides is 1. The van der Waals surface area contributed by atoms with Crippen LogP contribution < -0.4 is 10.6 Å². The average molecular weight is 372 g/mol. The van der Waals surface area contributed by atoms with Crippen molar-refractivity contribution in [1.82, 2.24) is 10.6 Å². The fraction of sp³-hybridized carbons (Fsp3) is 0.632. The first-order valence-electron chi connectivity index (χ1n) is 8.94. The molecule has 1 aromatic carbocycles. The predicted molar refractivity (Wildman–Crippen MR) is 97.0 cm³/mol. The highest BCUT2D eigenvalue weighted by atomic mass is 19.1. The van der Waals surface area contributed by atoms with Crippen LogP contribution in [-0.4, -0.2) is 42.0 Å². The van der Waals surface area contributed by atoms with Crippen molar-refractivity contribution in [1.29, 1.82) is 0 Å². The highest BCUT2D eigenvalue weighted by Crippen LogP contribution is 2.13. The topological polar surface area (TPSA) is 70.6 Å². The number of rotatable bonds is 9. The molecule has 0 saturated carbocycles. The Morgan fingerprint density at radius 1 is 1.23 bits per heavy atom. The van der Waals surface area contributed by atoms with Crippen LogP contribution in [0.4, 0.5) is 13.6 Å². The maximum absolute atomic E-state index is 13.4. The molecule has 0 aliphatic heterocycles. The van der Waals surface area contributed by atoms with Crippen molar-refractivity contribution in [2.45, 2.75) is 64.7 Å². The first-order chi connectivity index (χ1) is 12.1. The van der Waals surface area contributed by atoms with Crippen molar-refractivity contribution < 1.29 is 23.4 Å². The summed E-state index contributed by atoms with van der Waals surface area (Å²) < 4.78 is 32.1. The normalized spacial score (nSPS) is 14.0. The molecule has 1 rings (SSSR count). The molecule has 26 heavy (non-hydrogen) atoms. The summed E-state index contributed by atoms with van der Waals surface area (Å²) in [6, 6.07) is 2.40. The van der Waals surface area contributed by atoms with Gasteiger partial charge in [-0.25, -0.2) is 13.6 Å². The second-order valence-electron chi connectivity index (χ2n) is 7.36. The number of aliphatic hydroxyl groups excluding tert-OH is 1. The SMILES string of the molecule is CCCCNC[C@@H](O)[C@H](Cc1cc(F)cc(F)c1)NC(=O)OC(C)(C)C. The van der Waals surface area contributed by atoms with Crippen LogP contribution in [0.5, 0.6) is 0 Å². The molecular formula is C19H30F2N2O3. The summed E-state index contributed by atoms with van der Waals surface area (Å²) in [5, 5.41) is 16.1. The molecule has 0 saturated heterocycles. The first-order valence-corrected chi connectivity index (χ1v) is 8.94. The first kappa shape index (κ1) is 22.3. The van der Waals surface area contributed by atoms with E-state index in [-0.39, 0.29) is 13.0 Å². The van der Waals surface area contributed by atoms with E-state index in [4.69, 9.17) is 4.74 Å². The Morgan fingerprint density at radius 2 is 1.85 bits per heavy atom. The van der Waals surface area contributed by atoms with Crippen LogP contribution >= 0.6 is 0 Å². The number of nitrogens with one attached hydrogen (secondary N) is 2. The molecule has 0 bridgehead atoms. The molecule has 7 heteroatoms. The van der Waals surface area contributed by atoms with E-state index in [0.29, 0.717) is 5.56 Å². The molecule has 2 atom stereocenters. The molecule has 5 nitrogen and oxygen atoms in total. The van der Waals surface area contributed by atoms with E-state index >= 15 is 0 Å². The molecule has 0 radical (unpaired) electrons. The van der Waals surface area contributed by atoms with Gasteiger partial charge >= 0.3 is 6.09 Å². The molecule has 148 valence electrons. The zero-order valence-corrected chi connectivity index (χ0v) is 15.9. The maximum atomic E-state index is 13.4. The summed E-state index contributed by atoms with van der Waals surface area (Å²) in [5.41, 5.74) is -0.347. The summed E-state index contributed by atoms with van der Waals surface area (Å²) in [6.45, 7) is 8.23. The van der Waals surface area contributed by atoms with Crippen molar-refractivity contribution in [3.8, 4) is 0 Å². The Kier molecular flexibility index (Phi) is 8.95. The number of benzene rings is 1. The summed E-state index contributed by atoms with van der Waals surface area (Å²) >= 11 is 0. The molecule has 1 amide bonds. The molecule has 3 N–H and O–H groups in total. The van der Waals surface area contributed by atoms with Gasteiger partial charge < -0.3 is 20.5 Å². The zero-order valence-electron chi connectivity index (χ0n) is 15.9. The molecule has 0 unspecified atom stereocenters. The van der Waals surface area contributed by atoms with E-state index in [9.17, 15) is 18.7 Å². The molecule has 1 aromatic rings. The van der Waals surface area contributed by atoms with Crippen LogP contribution in [0.1, 0.15) is 46.1 Å². The second kappa shape index (κ2) is 10.4. The average Bonchev–Trinajstić information content (AvgIpc) is 2.47. The van der Waals surface area contributed by atoms with Crippen LogP contribution in [-0.2, 0) is 11.2 Å². The Bertz CT molecular complexity index is 556. The van der Waals surface area contributed by atoms with E-state index in [1.54, 1.807) is 20.8 Å². The van der Waals surface area contributed by atoms with Gasteiger partial charge in [-0.3, -0.25) is 0 Å². The molecule has 0 aromatic heterocycles. The Morgan fingerprint density at radius 3 is 2.38 bits per heavy atom. The molecule has 0 fully saturated rings. The van der Waals surface area contributed by atoms with Crippen molar-refractivity contribution in [2.75, 3.05) is 13.1 Å². The summed E-state index contributed by atoms with van der Waals surface area (Å²) in [4.78, 5) is 12.1. The summed E-state index contributed by atoms with van der Waals surface area (Å²) in [7, 11) is 0. The Labute approximate surface area is 154 Å². The lowest BCUT2D eigenvalue weighted by Crippen LogP contribution is -2.50. The largest absolute Gasteiger partial charge is 0.444 e. The minimum Gasteiger partial charge on any atom is -0.444 e. The van der Waals surface area contributed by atoms with Gasteiger partial charge in [0.05, 0.1) is 12.1 Å². The zero-order chi connectivity index (χ0) is 19.7. The molecule has 0 spiro atoms. The third kappa shape index (κ3) is 9.10. The van der Waals surface area contributed by atoms with E-state index in [2.05, 4.69) is 17.6 Å². The Balaban J connectivity index is 2.80. The van der Waals surface area contributed by atoms with Crippen LogP contribution in [0, 0.1) is 11.6 Å². The number of carbonyl (C=O) groups excluding carboxylic acids is 1. The van der Waals surface area contributed by atoms with Crippen molar-refractivity contribution in [3.05, 3.63) is 35.4 Å². The monoisotopic (exact) mass is 372 g/mol. The highest BCUT2D eigenvalue weighted by molar-refractivity contribution is 5.68. The van der Waals surface area contributed by atoms with Crippen molar-refractivity contribution in [3.63, 3.8) is 0 Å². The molecule has 0 heterocycles. The van der Waals surface area contributed by atoms with Gasteiger partial charge in [-0.2, -0.15) is 0 Å². The third-order valence-corrected chi connectivity index (χ3v) is 3.61. The maximum Gasteiger partial charge on any atom is 0.407 e. The number of hydrogen-bond acceptors (Lipinski definition) is 4. The molecule has 0 aliphatic carbocycles. The summed E-state index contributed by atoms with van der Waals surface area (Å²) in [5.74, 6) is -1.40. The minimum atomic E-state index is -0.939. The van der Waals surface area contributed by atoms with Gasteiger partial charge in [-0.05, 0) is 57.9 Å². The van der Waals surface area contributed by atoms with Gasteiger partial charge in [0.1, 0.15) is 17.2 Å². The number of carbonyl (C=O) groups is 1. The van der Waals surface area contributed by atoms with E-state index in [1.165, 1.54) is 12.1 Å². The van der Waals surface area contributed by atoms with E-state index in [1.807, 2.05) is 0 Å². The van der Waals surface area contributed by atoms with Gasteiger partial charge in [-0.1, -0.05) is 13.3 Å². The van der Waals surface area contributed by atoms with Gasteiger partial charge in [-0.15, -0.1) is 0 Å². The fourth-order valence-corrected chi connectivity index (χ4v) is 2.42. The number of alkyl carbamates (subject to hydrolysis) is 1. The second-order valence-corrected chi connectivity index (χ2v) is 7.36. The molecule has 0 aliphatic rings. The van der Waals surface area contributed by atoms with Gasteiger partial charge in [0.2, 0.25) is 0 Å². The number of hydrogen-bond donors (Lipinski definition) is 3. The number of halogens is 2. The number of unbranched alkanes of at least 4 members (excludes halogenated alkanes) is 1. The fourth-order valence-electron chi connectivity index (χ4n) is 2.42. The highest BCUT2D eigenvalue weighted by Gasteiger charge is 2.25. The van der Waals surface area contributed by atoms with E-state index in [0.717, 1.165) is 25.5 Å². The van der Waals surface area contributed by atoms with E-state index < -0.39 is 35.5 Å². The van der Waals surface area contributed by atoms with Gasteiger partial charge in [0, 0.05) is 12.6 Å². The number of ether oxygens (including phenoxy) is 1. The molecular weight excluding hydrogens is 342 g/mol. The lowest BCUT2D eigenvalue weighted by Gasteiger charge is -2.27. The van der Waals surface area contributed by atoms with Crippen molar-refractivity contribution in [2.24, 2.45) is 0 Å². The standard InChI is InChI=1S/C19H30F2N2O3/c1-5-6-7-22-12-17(24)16(23-18(25)26-19(2,3)4)10-13-8-14(20)11-15(21)9-13/h8-9,11,16-17,22,24H,5-7,10,12H2,1-4H3,(H,23,25)/t16-,17+/m0/s1. The van der Waals surface area contributed by atoms with Crippen molar-refractivity contribution >= 4 is 6.09 Å². The van der Waals surface area contributed by atoms with Gasteiger partial charge in [0.25, 0.3) is 0 Å². The third-order valence-electron chi connectivity index (χ3n) is 3.61. The number of aliphatic hydroxyl groups is 1. The smallest absolute Gasteiger partial charge is 0.407 e. The van der Waals surface area contributed by atoms with Crippen LogP contribution in [0.3, 0.4) is 0 Å². The lowest BCUT2D eigenvalue weighted by molar-refractivity contribution is 0.0422. The lowest BCUT2D eigenvalue weighted by atomic mass is 10.0. The minimum absolute atomic E-state index is 0.0740. The predicted octanol–water partition coefficient (Wildman–Crippen LogP) is 3.15. The summed E-state index contributed by atoms with van der Waals surface area (Å²) in [6.07, 6.45) is 0.430. The Hall–Kier alpha value is -1.73. The van der Waals surface area contributed by atoms with Crippen LogP contribution in [0.25, 0.3) is 0 Å². The van der Waals surface area contributed by atoms with Crippen LogP contribution in [0.2, 0.25) is 0 Å². The van der Waals surface area contributed by atoms with Crippen LogP contribution in [0.15, 0.2) is 18.2 Å².